The van der Waals surface area contributed by atoms with Gasteiger partial charge in [-0.1, -0.05) is 6.42 Å². The van der Waals surface area contributed by atoms with E-state index in [1.807, 2.05) is 18.3 Å². The van der Waals surface area contributed by atoms with Gasteiger partial charge in [-0.2, -0.15) is 5.10 Å². The Morgan fingerprint density at radius 2 is 1.82 bits per heavy atom. The molecule has 0 amide bonds. The quantitative estimate of drug-likeness (QED) is 0.350. The average Bonchev–Trinajstić information content (AvgIpc) is 3.57. The zero-order valence-electron chi connectivity index (χ0n) is 22.1. The van der Waals surface area contributed by atoms with Gasteiger partial charge in [0.05, 0.1) is 11.2 Å². The molecule has 10 heteroatoms. The number of benzene rings is 1. The number of imidazole rings is 1. The normalized spacial score (nSPS) is 17.4. The van der Waals surface area contributed by atoms with E-state index in [0.717, 1.165) is 73.5 Å². The van der Waals surface area contributed by atoms with Crippen LogP contribution in [0.15, 0.2) is 42.9 Å². The Labute approximate surface area is 226 Å². The van der Waals surface area contributed by atoms with Gasteiger partial charge in [-0.25, -0.2) is 14.4 Å². The van der Waals surface area contributed by atoms with Crippen LogP contribution >= 0.6 is 0 Å². The van der Waals surface area contributed by atoms with Gasteiger partial charge in [0.25, 0.3) is 0 Å². The first-order chi connectivity index (χ1) is 19.1. The number of hydrogen-bond acceptors (Lipinski definition) is 7. The zero-order chi connectivity index (χ0) is 26.3. The summed E-state index contributed by atoms with van der Waals surface area (Å²) in [5.74, 6) is 0.304. The minimum absolute atomic E-state index is 0.307. The summed E-state index contributed by atoms with van der Waals surface area (Å²) in [5.41, 5.74) is 6.27. The summed E-state index contributed by atoms with van der Waals surface area (Å²) < 4.78 is 15.3. The number of aromatic amines is 2. The molecule has 0 saturated carbocycles. The number of nitrogens with one attached hydrogen (secondary N) is 2. The van der Waals surface area contributed by atoms with Gasteiger partial charge in [0.1, 0.15) is 17.0 Å². The van der Waals surface area contributed by atoms with Crippen LogP contribution in [0.25, 0.3) is 44.7 Å². The Balaban J connectivity index is 1.24. The second-order valence-corrected chi connectivity index (χ2v) is 10.8. The van der Waals surface area contributed by atoms with E-state index in [1.165, 1.54) is 25.3 Å². The molecule has 0 unspecified atom stereocenters. The van der Waals surface area contributed by atoms with Crippen LogP contribution in [0.4, 0.5) is 10.1 Å². The fourth-order valence-electron chi connectivity index (χ4n) is 5.86. The highest BCUT2D eigenvalue weighted by Crippen LogP contribution is 2.34. The first kappa shape index (κ1) is 24.2. The molecule has 39 heavy (non-hydrogen) atoms. The Morgan fingerprint density at radius 3 is 2.67 bits per heavy atom. The summed E-state index contributed by atoms with van der Waals surface area (Å²) in [5, 5.41) is 8.32. The van der Waals surface area contributed by atoms with Crippen molar-refractivity contribution in [1.29, 1.82) is 0 Å². The topological polar surface area (TPSA) is 92.9 Å². The fraction of sp³-hybridized carbons (Fsp3) is 0.379. The van der Waals surface area contributed by atoms with Crippen molar-refractivity contribution in [2.75, 3.05) is 51.2 Å². The summed E-state index contributed by atoms with van der Waals surface area (Å²) in [6.45, 7) is 6.96. The number of halogens is 1. The smallest absolute Gasteiger partial charge is 0.180 e. The molecule has 0 aliphatic carbocycles. The van der Waals surface area contributed by atoms with Gasteiger partial charge in [-0.05, 0) is 56.7 Å². The van der Waals surface area contributed by atoms with Crippen molar-refractivity contribution in [3.63, 3.8) is 0 Å². The van der Waals surface area contributed by atoms with Gasteiger partial charge in [0, 0.05) is 73.9 Å². The first-order valence-electron chi connectivity index (χ1n) is 13.8. The Morgan fingerprint density at radius 1 is 0.974 bits per heavy atom. The molecule has 6 heterocycles. The van der Waals surface area contributed by atoms with Crippen molar-refractivity contribution in [3.05, 3.63) is 54.2 Å². The summed E-state index contributed by atoms with van der Waals surface area (Å²) in [4.78, 5) is 24.4. The largest absolute Gasteiger partial charge is 0.367 e. The molecule has 0 bridgehead atoms. The minimum Gasteiger partial charge on any atom is -0.367 e. The van der Waals surface area contributed by atoms with Crippen molar-refractivity contribution in [3.8, 4) is 22.6 Å². The summed E-state index contributed by atoms with van der Waals surface area (Å²) in [6.07, 6.45) is 9.19. The number of fused-ring (bicyclic) bond motifs is 2. The Kier molecular flexibility index (Phi) is 6.21. The van der Waals surface area contributed by atoms with Crippen molar-refractivity contribution in [2.45, 2.75) is 25.8 Å². The van der Waals surface area contributed by atoms with E-state index < -0.39 is 0 Å². The second-order valence-electron chi connectivity index (χ2n) is 10.8. The molecule has 9 nitrogen and oxygen atoms in total. The van der Waals surface area contributed by atoms with Gasteiger partial charge < -0.3 is 14.8 Å². The molecule has 2 aliphatic rings. The third-order valence-corrected chi connectivity index (χ3v) is 8.05. The maximum absolute atomic E-state index is 15.3. The van der Waals surface area contributed by atoms with Crippen molar-refractivity contribution >= 4 is 27.8 Å². The van der Waals surface area contributed by atoms with Crippen LogP contribution in [-0.4, -0.2) is 86.2 Å². The number of pyridine rings is 2. The number of rotatable bonds is 5. The van der Waals surface area contributed by atoms with E-state index in [0.29, 0.717) is 28.2 Å². The molecule has 0 radical (unpaired) electrons. The number of nitrogens with zero attached hydrogens (tertiary/aromatic N) is 7. The van der Waals surface area contributed by atoms with Crippen molar-refractivity contribution < 1.29 is 4.39 Å². The number of piperidine rings is 1. The highest BCUT2D eigenvalue weighted by Gasteiger charge is 2.21. The maximum Gasteiger partial charge on any atom is 0.180 e. The lowest BCUT2D eigenvalue weighted by Crippen LogP contribution is -2.44. The number of likely N-dealkylation sites (tertiary alicyclic amines) is 1. The molecule has 2 saturated heterocycles. The monoisotopic (exact) mass is 525 g/mol. The lowest BCUT2D eigenvalue weighted by atomic mass is 10.0. The maximum atomic E-state index is 15.3. The van der Waals surface area contributed by atoms with Crippen LogP contribution in [0, 0.1) is 5.82 Å². The number of hydrogen-bond donors (Lipinski definition) is 2. The predicted molar refractivity (Wildman–Crippen MR) is 151 cm³/mol. The molecule has 2 N–H and O–H groups in total. The minimum atomic E-state index is -0.307. The zero-order valence-corrected chi connectivity index (χ0v) is 22.1. The highest BCUT2D eigenvalue weighted by atomic mass is 19.1. The van der Waals surface area contributed by atoms with E-state index >= 15 is 4.39 Å². The van der Waals surface area contributed by atoms with Gasteiger partial charge in [-0.3, -0.25) is 15.0 Å². The Bertz CT molecular complexity index is 1630. The summed E-state index contributed by atoms with van der Waals surface area (Å²) >= 11 is 0. The summed E-state index contributed by atoms with van der Waals surface area (Å²) in [7, 11) is 2.15. The standard InChI is InChI=1S/C29H32FN9/c1-37-9-11-39(12-10-37)25-5-6-32-28-27(25)33-29(34-28)26-22-14-21(23(30)15-24(22)35-36-26)20-13-19(16-31-17-20)18-38-7-3-2-4-8-38/h5-6,13-17H,2-4,7-12,18H2,1H3,(H,35,36)(H,32,33,34). The molecule has 2 aliphatic heterocycles. The average molecular weight is 526 g/mol. The van der Waals surface area contributed by atoms with Crippen LogP contribution in [-0.2, 0) is 6.54 Å². The molecule has 1 aromatic carbocycles. The number of anilines is 1. The lowest BCUT2D eigenvalue weighted by molar-refractivity contribution is 0.220. The molecule has 0 atom stereocenters. The third kappa shape index (κ3) is 4.63. The van der Waals surface area contributed by atoms with Gasteiger partial charge >= 0.3 is 0 Å². The molecule has 0 spiro atoms. The molecule has 5 aromatic rings. The summed E-state index contributed by atoms with van der Waals surface area (Å²) in [6, 6.07) is 7.46. The highest BCUT2D eigenvalue weighted by molar-refractivity contribution is 5.97. The van der Waals surface area contributed by atoms with Gasteiger partial charge in [0.2, 0.25) is 0 Å². The van der Waals surface area contributed by atoms with Crippen molar-refractivity contribution in [2.24, 2.45) is 0 Å². The molecular formula is C29H32FN9. The number of aromatic nitrogens is 6. The Hall–Kier alpha value is -3.89. The van der Waals surface area contributed by atoms with Crippen LogP contribution < -0.4 is 4.90 Å². The molecule has 7 rings (SSSR count). The van der Waals surface area contributed by atoms with Gasteiger partial charge in [-0.15, -0.1) is 0 Å². The SMILES string of the molecule is CN1CCN(c2ccnc3nc(-c4n[nH]c5cc(F)c(-c6cncc(CN7CCCCC7)c6)cc45)[nH]c23)CC1. The van der Waals surface area contributed by atoms with E-state index in [4.69, 9.17) is 4.98 Å². The van der Waals surface area contributed by atoms with E-state index in [9.17, 15) is 0 Å². The van der Waals surface area contributed by atoms with E-state index in [-0.39, 0.29) is 5.82 Å². The van der Waals surface area contributed by atoms with Crippen LogP contribution in [0.2, 0.25) is 0 Å². The molecule has 4 aromatic heterocycles. The van der Waals surface area contributed by atoms with Crippen LogP contribution in [0.5, 0.6) is 0 Å². The van der Waals surface area contributed by atoms with Crippen LogP contribution in [0.1, 0.15) is 24.8 Å². The fourth-order valence-corrected chi connectivity index (χ4v) is 5.86. The number of likely N-dealkylation sites (N-methyl/N-ethyl adjacent to an activating group) is 1. The van der Waals surface area contributed by atoms with E-state index in [2.05, 4.69) is 53.0 Å². The second kappa shape index (κ2) is 10.0. The number of piperazine rings is 1. The van der Waals surface area contributed by atoms with E-state index in [1.54, 1.807) is 12.4 Å². The molecule has 2 fully saturated rings. The van der Waals surface area contributed by atoms with Gasteiger partial charge in [0.15, 0.2) is 11.5 Å². The third-order valence-electron chi connectivity index (χ3n) is 8.05. The van der Waals surface area contributed by atoms with Crippen molar-refractivity contribution in [1.82, 2.24) is 39.9 Å². The molecular weight excluding hydrogens is 493 g/mol. The predicted octanol–water partition coefficient (Wildman–Crippen LogP) is 4.44. The lowest BCUT2D eigenvalue weighted by Gasteiger charge is -2.34. The first-order valence-corrected chi connectivity index (χ1v) is 13.8. The number of H-pyrrole nitrogens is 2. The molecule has 200 valence electrons. The van der Waals surface area contributed by atoms with Crippen LogP contribution in [0.3, 0.4) is 0 Å².